The maximum absolute atomic E-state index is 11.0. The molecule has 5 heterocycles. The summed E-state index contributed by atoms with van der Waals surface area (Å²) in [4.78, 5) is 31.0. The molecule has 1 aromatic carbocycles. The van der Waals surface area contributed by atoms with Gasteiger partial charge in [0.2, 0.25) is 5.95 Å². The Kier molecular flexibility index (Phi) is 9.43. The molecule has 4 aliphatic heterocycles. The lowest BCUT2D eigenvalue weighted by Crippen LogP contribution is -2.54. The summed E-state index contributed by atoms with van der Waals surface area (Å²) in [6, 6.07) is 2.06. The van der Waals surface area contributed by atoms with Crippen molar-refractivity contribution < 1.29 is 14.6 Å². The second-order valence-corrected chi connectivity index (χ2v) is 14.1. The van der Waals surface area contributed by atoms with Gasteiger partial charge < -0.3 is 30.3 Å². The number of hydrogen-bond donors (Lipinski definition) is 2. The summed E-state index contributed by atoms with van der Waals surface area (Å²) >= 11 is 0. The van der Waals surface area contributed by atoms with Crippen molar-refractivity contribution in [3.8, 4) is 5.75 Å². The van der Waals surface area contributed by atoms with Crippen LogP contribution in [0, 0.1) is 20.8 Å². The van der Waals surface area contributed by atoms with Crippen molar-refractivity contribution in [3.05, 3.63) is 33.9 Å². The number of nitrogens with zero attached hydrogens (tertiary/aromatic N) is 6. The zero-order valence-electron chi connectivity index (χ0n) is 27.9. The lowest BCUT2D eigenvalue weighted by Gasteiger charge is -2.43. The van der Waals surface area contributed by atoms with E-state index >= 15 is 0 Å². The lowest BCUT2D eigenvalue weighted by atomic mass is 9.82. The van der Waals surface area contributed by atoms with Crippen molar-refractivity contribution in [2.75, 3.05) is 73.6 Å². The van der Waals surface area contributed by atoms with Crippen LogP contribution in [0.5, 0.6) is 5.75 Å². The van der Waals surface area contributed by atoms with Gasteiger partial charge in [0.25, 0.3) is 0 Å². The fraction of sp³-hybridized carbons (Fsp3) is 0.686. The minimum Gasteiger partial charge on any atom is -0.486 e. The van der Waals surface area contributed by atoms with Gasteiger partial charge in [0, 0.05) is 77.4 Å². The second-order valence-electron chi connectivity index (χ2n) is 14.1. The molecule has 0 saturated carbocycles. The maximum Gasteiger partial charge on any atom is 0.303 e. The normalized spacial score (nSPS) is 22.9. The summed E-state index contributed by atoms with van der Waals surface area (Å²) in [6.07, 6.45) is 8.26. The highest BCUT2D eigenvalue weighted by Gasteiger charge is 2.37. The molecular formula is C35H53N7O3. The molecule has 10 nitrogen and oxygen atoms in total. The summed E-state index contributed by atoms with van der Waals surface area (Å²) in [5, 5.41) is 9.06. The summed E-state index contributed by atoms with van der Waals surface area (Å²) in [7, 11) is 0. The van der Waals surface area contributed by atoms with E-state index in [-0.39, 0.29) is 18.1 Å². The number of carbonyl (C=O) groups is 1. The van der Waals surface area contributed by atoms with Crippen LogP contribution in [-0.2, 0) is 11.2 Å². The topological polar surface area (TPSA) is 111 Å². The number of benzene rings is 1. The summed E-state index contributed by atoms with van der Waals surface area (Å²) in [5.74, 6) is 3.33. The zero-order chi connectivity index (χ0) is 31.7. The molecule has 0 spiro atoms. The molecule has 0 bridgehead atoms. The van der Waals surface area contributed by atoms with Crippen LogP contribution < -0.4 is 25.2 Å². The van der Waals surface area contributed by atoms with E-state index in [0.717, 1.165) is 95.1 Å². The van der Waals surface area contributed by atoms with E-state index in [9.17, 15) is 4.79 Å². The second kappa shape index (κ2) is 13.3. The molecule has 3 fully saturated rings. The Morgan fingerprint density at radius 3 is 2.13 bits per heavy atom. The van der Waals surface area contributed by atoms with E-state index < -0.39 is 5.97 Å². The highest BCUT2D eigenvalue weighted by Crippen LogP contribution is 2.43. The fourth-order valence-corrected chi connectivity index (χ4v) is 7.97. The molecule has 3 saturated heterocycles. The van der Waals surface area contributed by atoms with Crippen LogP contribution in [0.3, 0.4) is 0 Å². The van der Waals surface area contributed by atoms with Crippen molar-refractivity contribution >= 4 is 23.6 Å². The number of rotatable bonds is 10. The average Bonchev–Trinajstić information content (AvgIpc) is 3.76. The maximum atomic E-state index is 11.0. The lowest BCUT2D eigenvalue weighted by molar-refractivity contribution is -0.137. The summed E-state index contributed by atoms with van der Waals surface area (Å²) in [5.41, 5.74) is 12.4. The standard InChI is InChI=1S/C35H53N7O3/c1-24-25(2)33-27(26(3)32(24)28(36)10-9-11-31(43)44)12-13-35(4,45-33)23-39-18-20-41(21-19-39)30-22-29(40-14-5-6-15-40)37-34(38-30)42-16-7-8-17-42/h22,28H,5-21,23,36H2,1-4H3,(H,43,44). The van der Waals surface area contributed by atoms with E-state index in [1.54, 1.807) is 0 Å². The predicted molar refractivity (Wildman–Crippen MR) is 180 cm³/mol. The third-order valence-corrected chi connectivity index (χ3v) is 10.7. The molecule has 0 amide bonds. The summed E-state index contributed by atoms with van der Waals surface area (Å²) in [6.45, 7) is 17.8. The van der Waals surface area contributed by atoms with Gasteiger partial charge in [-0.25, -0.2) is 0 Å². The molecule has 1 aromatic heterocycles. The van der Waals surface area contributed by atoms with Crippen molar-refractivity contribution in [3.63, 3.8) is 0 Å². The van der Waals surface area contributed by atoms with Crippen LogP contribution in [0.1, 0.15) is 92.1 Å². The van der Waals surface area contributed by atoms with Crippen LogP contribution in [0.4, 0.5) is 17.6 Å². The molecule has 0 aliphatic carbocycles. The molecule has 246 valence electrons. The number of nitrogens with two attached hydrogens (primary N) is 1. The van der Waals surface area contributed by atoms with Gasteiger partial charge in [0.05, 0.1) is 0 Å². The zero-order valence-corrected chi connectivity index (χ0v) is 27.9. The number of anilines is 3. The van der Waals surface area contributed by atoms with Crippen molar-refractivity contribution in [1.82, 2.24) is 14.9 Å². The first-order chi connectivity index (χ1) is 21.6. The molecule has 2 aromatic rings. The number of aliphatic carboxylic acids is 1. The number of aromatic nitrogens is 2. The third kappa shape index (κ3) is 6.87. The largest absolute Gasteiger partial charge is 0.486 e. The van der Waals surface area contributed by atoms with E-state index in [1.165, 1.54) is 53.5 Å². The van der Waals surface area contributed by atoms with Gasteiger partial charge >= 0.3 is 5.97 Å². The highest BCUT2D eigenvalue weighted by molar-refractivity contribution is 5.66. The van der Waals surface area contributed by atoms with E-state index in [4.69, 9.17) is 25.5 Å². The molecule has 45 heavy (non-hydrogen) atoms. The van der Waals surface area contributed by atoms with Crippen LogP contribution in [0.25, 0.3) is 0 Å². The van der Waals surface area contributed by atoms with Crippen LogP contribution in [0.15, 0.2) is 6.07 Å². The molecule has 6 rings (SSSR count). The van der Waals surface area contributed by atoms with Crippen molar-refractivity contribution in [2.24, 2.45) is 5.73 Å². The van der Waals surface area contributed by atoms with Gasteiger partial charge in [-0.1, -0.05) is 0 Å². The first-order valence-electron chi connectivity index (χ1n) is 17.3. The molecule has 2 atom stereocenters. The molecule has 3 N–H and O–H groups in total. The SMILES string of the molecule is Cc1c(C)c(C(N)CCCC(=O)O)c(C)c2c1OC(C)(CN1CCN(c3cc(N4CCCC4)nc(N4CCCC4)n3)CC1)CC2. The quantitative estimate of drug-likeness (QED) is 0.386. The van der Waals surface area contributed by atoms with Gasteiger partial charge in [-0.2, -0.15) is 9.97 Å². The van der Waals surface area contributed by atoms with Crippen molar-refractivity contribution in [2.45, 2.75) is 97.1 Å². The third-order valence-electron chi connectivity index (χ3n) is 10.7. The van der Waals surface area contributed by atoms with Gasteiger partial charge in [0.15, 0.2) is 0 Å². The average molecular weight is 620 g/mol. The molecule has 2 unspecified atom stereocenters. The minimum absolute atomic E-state index is 0.157. The minimum atomic E-state index is -0.765. The summed E-state index contributed by atoms with van der Waals surface area (Å²) < 4.78 is 6.91. The van der Waals surface area contributed by atoms with E-state index in [1.807, 2.05) is 0 Å². The van der Waals surface area contributed by atoms with Gasteiger partial charge in [-0.3, -0.25) is 9.69 Å². The Morgan fingerprint density at radius 1 is 0.911 bits per heavy atom. The molecule has 10 heteroatoms. The molecule has 0 radical (unpaired) electrons. The van der Waals surface area contributed by atoms with E-state index in [2.05, 4.69) is 53.4 Å². The highest BCUT2D eigenvalue weighted by atomic mass is 16.5. The monoisotopic (exact) mass is 619 g/mol. The smallest absolute Gasteiger partial charge is 0.303 e. The molecule has 4 aliphatic rings. The molecular weight excluding hydrogens is 566 g/mol. The Hall–Kier alpha value is -3.11. The fourth-order valence-electron chi connectivity index (χ4n) is 7.97. The Morgan fingerprint density at radius 2 is 1.51 bits per heavy atom. The Labute approximate surface area is 268 Å². The first-order valence-corrected chi connectivity index (χ1v) is 17.3. The predicted octanol–water partition coefficient (Wildman–Crippen LogP) is 4.76. The van der Waals surface area contributed by atoms with Gasteiger partial charge in [-0.05, 0) is 107 Å². The Balaban J connectivity index is 1.11. The first kappa shape index (κ1) is 31.9. The number of hydrogen-bond acceptors (Lipinski definition) is 9. The van der Waals surface area contributed by atoms with Crippen LogP contribution in [0.2, 0.25) is 0 Å². The number of piperazine rings is 1. The van der Waals surface area contributed by atoms with Gasteiger partial charge in [0.1, 0.15) is 23.0 Å². The van der Waals surface area contributed by atoms with Crippen LogP contribution >= 0.6 is 0 Å². The number of carboxylic acid groups (broad SMARTS) is 1. The number of fused-ring (bicyclic) bond motifs is 1. The van der Waals surface area contributed by atoms with Crippen LogP contribution in [-0.4, -0.2) is 90.4 Å². The number of carboxylic acids is 1. The Bertz CT molecular complexity index is 1350. The number of ether oxygens (including phenoxy) is 1. The van der Waals surface area contributed by atoms with Gasteiger partial charge in [-0.15, -0.1) is 0 Å². The van der Waals surface area contributed by atoms with E-state index in [0.29, 0.717) is 12.8 Å². The van der Waals surface area contributed by atoms with Crippen molar-refractivity contribution in [1.29, 1.82) is 0 Å².